The molecule has 0 saturated carbocycles. The number of para-hydroxylation sites is 1. The van der Waals surface area contributed by atoms with Gasteiger partial charge in [0.2, 0.25) is 0 Å². The van der Waals surface area contributed by atoms with Crippen LogP contribution in [0.2, 0.25) is 0 Å². The molecule has 5 nitrogen and oxygen atoms in total. The van der Waals surface area contributed by atoms with E-state index in [-0.39, 0.29) is 0 Å². The van der Waals surface area contributed by atoms with Crippen LogP contribution in [-0.4, -0.2) is 45.6 Å². The van der Waals surface area contributed by atoms with Crippen molar-refractivity contribution in [3.05, 3.63) is 78.1 Å². The van der Waals surface area contributed by atoms with Crippen molar-refractivity contribution in [3.63, 3.8) is 0 Å². The van der Waals surface area contributed by atoms with E-state index in [1.807, 2.05) is 55.6 Å². The molecule has 0 atom stereocenters. The van der Waals surface area contributed by atoms with Gasteiger partial charge in [0.25, 0.3) is 0 Å². The van der Waals surface area contributed by atoms with E-state index in [1.54, 1.807) is 11.8 Å². The van der Waals surface area contributed by atoms with E-state index >= 15 is 0 Å². The van der Waals surface area contributed by atoms with Crippen molar-refractivity contribution >= 4 is 17.8 Å². The van der Waals surface area contributed by atoms with Crippen LogP contribution in [0.5, 0.6) is 5.75 Å². The lowest BCUT2D eigenvalue weighted by atomic mass is 10.2. The second kappa shape index (κ2) is 10.7. The Morgan fingerprint density at radius 3 is 2.50 bits per heavy atom. The molecule has 3 rings (SSSR count). The molecule has 0 aliphatic carbocycles. The molecule has 0 aliphatic rings. The summed E-state index contributed by atoms with van der Waals surface area (Å²) in [5, 5.41) is 9.58. The Labute approximate surface area is 171 Å². The minimum atomic E-state index is 0.640. The van der Waals surface area contributed by atoms with Crippen LogP contribution in [0.15, 0.2) is 71.9 Å². The molecule has 0 bridgehead atoms. The topological polar surface area (TPSA) is 43.2 Å². The van der Waals surface area contributed by atoms with Crippen molar-refractivity contribution in [1.29, 1.82) is 0 Å². The SMILES string of the molecule is CN(C/C=C/c1ccccc1)Cc1nnc(SCCOc2ccccc2)n1C. The van der Waals surface area contributed by atoms with Crippen LogP contribution in [0.25, 0.3) is 6.08 Å². The first-order valence-corrected chi connectivity index (χ1v) is 10.3. The number of ether oxygens (including phenoxy) is 1. The molecule has 1 heterocycles. The van der Waals surface area contributed by atoms with Crippen LogP contribution in [0.4, 0.5) is 0 Å². The van der Waals surface area contributed by atoms with Gasteiger partial charge in [0.1, 0.15) is 11.6 Å². The molecule has 0 N–H and O–H groups in total. The lowest BCUT2D eigenvalue weighted by Gasteiger charge is -2.13. The highest BCUT2D eigenvalue weighted by molar-refractivity contribution is 7.99. The highest BCUT2D eigenvalue weighted by Crippen LogP contribution is 2.17. The molecule has 28 heavy (non-hydrogen) atoms. The molecular formula is C22H26N4OS. The number of nitrogens with zero attached hydrogens (tertiary/aromatic N) is 4. The van der Waals surface area contributed by atoms with Crippen LogP contribution in [0, 0.1) is 0 Å². The molecule has 3 aromatic rings. The van der Waals surface area contributed by atoms with E-state index in [0.29, 0.717) is 6.61 Å². The summed E-state index contributed by atoms with van der Waals surface area (Å²) in [6, 6.07) is 20.2. The molecular weight excluding hydrogens is 368 g/mol. The Balaban J connectivity index is 1.42. The van der Waals surface area contributed by atoms with E-state index in [1.165, 1.54) is 5.56 Å². The van der Waals surface area contributed by atoms with Crippen LogP contribution in [0.3, 0.4) is 0 Å². The minimum absolute atomic E-state index is 0.640. The Morgan fingerprint density at radius 1 is 1.04 bits per heavy atom. The smallest absolute Gasteiger partial charge is 0.191 e. The van der Waals surface area contributed by atoms with Crippen molar-refractivity contribution in [2.24, 2.45) is 7.05 Å². The molecule has 0 fully saturated rings. The molecule has 0 amide bonds. The largest absolute Gasteiger partial charge is 0.493 e. The molecule has 0 unspecified atom stereocenters. The second-order valence-corrected chi connectivity index (χ2v) is 7.54. The maximum Gasteiger partial charge on any atom is 0.191 e. The lowest BCUT2D eigenvalue weighted by Crippen LogP contribution is -2.20. The van der Waals surface area contributed by atoms with Crippen molar-refractivity contribution in [2.45, 2.75) is 11.7 Å². The van der Waals surface area contributed by atoms with Gasteiger partial charge in [-0.25, -0.2) is 0 Å². The number of hydrogen-bond donors (Lipinski definition) is 0. The summed E-state index contributed by atoms with van der Waals surface area (Å²) in [7, 11) is 4.11. The van der Waals surface area contributed by atoms with E-state index in [9.17, 15) is 0 Å². The molecule has 6 heteroatoms. The van der Waals surface area contributed by atoms with Crippen LogP contribution >= 0.6 is 11.8 Å². The number of likely N-dealkylation sites (N-methyl/N-ethyl adjacent to an activating group) is 1. The fourth-order valence-electron chi connectivity index (χ4n) is 2.66. The molecule has 0 saturated heterocycles. The van der Waals surface area contributed by atoms with Gasteiger partial charge in [0, 0.05) is 19.3 Å². The quantitative estimate of drug-likeness (QED) is 0.382. The second-order valence-electron chi connectivity index (χ2n) is 6.48. The van der Waals surface area contributed by atoms with E-state index < -0.39 is 0 Å². The summed E-state index contributed by atoms with van der Waals surface area (Å²) in [5.74, 6) is 2.69. The van der Waals surface area contributed by atoms with Crippen molar-refractivity contribution < 1.29 is 4.74 Å². The number of thioether (sulfide) groups is 1. The lowest BCUT2D eigenvalue weighted by molar-refractivity contribution is 0.343. The van der Waals surface area contributed by atoms with Gasteiger partial charge in [-0.15, -0.1) is 10.2 Å². The van der Waals surface area contributed by atoms with Gasteiger partial charge in [-0.05, 0) is 24.7 Å². The normalized spacial score (nSPS) is 11.4. The zero-order chi connectivity index (χ0) is 19.6. The summed E-state index contributed by atoms with van der Waals surface area (Å²) in [4.78, 5) is 2.22. The molecule has 2 aromatic carbocycles. The molecule has 1 aromatic heterocycles. The van der Waals surface area contributed by atoms with E-state index in [4.69, 9.17) is 4.74 Å². The Bertz CT molecular complexity index is 865. The Morgan fingerprint density at radius 2 is 1.75 bits per heavy atom. The predicted octanol–water partition coefficient (Wildman–Crippen LogP) is 4.13. The van der Waals surface area contributed by atoms with Gasteiger partial charge in [-0.1, -0.05) is 72.4 Å². The first-order valence-electron chi connectivity index (χ1n) is 9.31. The highest BCUT2D eigenvalue weighted by atomic mass is 32.2. The molecule has 146 valence electrons. The Kier molecular flexibility index (Phi) is 7.70. The first kappa shape index (κ1) is 20.2. The number of aromatic nitrogens is 3. The highest BCUT2D eigenvalue weighted by Gasteiger charge is 2.10. The molecule has 0 spiro atoms. The third kappa shape index (κ3) is 6.25. The average Bonchev–Trinajstić information content (AvgIpc) is 3.06. The number of rotatable bonds is 10. The van der Waals surface area contributed by atoms with Crippen molar-refractivity contribution in [3.8, 4) is 5.75 Å². The third-order valence-corrected chi connectivity index (χ3v) is 5.17. The van der Waals surface area contributed by atoms with Crippen molar-refractivity contribution in [2.75, 3.05) is 26.0 Å². The van der Waals surface area contributed by atoms with E-state index in [2.05, 4.69) is 51.0 Å². The van der Waals surface area contributed by atoms with Gasteiger partial charge in [0.05, 0.1) is 13.2 Å². The van der Waals surface area contributed by atoms with Crippen molar-refractivity contribution in [1.82, 2.24) is 19.7 Å². The summed E-state index contributed by atoms with van der Waals surface area (Å²) >= 11 is 1.66. The Hall–Kier alpha value is -2.57. The van der Waals surface area contributed by atoms with Gasteiger partial charge < -0.3 is 9.30 Å². The summed E-state index contributed by atoms with van der Waals surface area (Å²) < 4.78 is 7.79. The zero-order valence-corrected chi connectivity index (χ0v) is 17.2. The fourth-order valence-corrected chi connectivity index (χ4v) is 3.40. The number of benzene rings is 2. The summed E-state index contributed by atoms with van der Waals surface area (Å²) in [5.41, 5.74) is 1.21. The number of hydrogen-bond acceptors (Lipinski definition) is 5. The predicted molar refractivity (Wildman–Crippen MR) is 115 cm³/mol. The minimum Gasteiger partial charge on any atom is -0.493 e. The van der Waals surface area contributed by atoms with Crippen LogP contribution < -0.4 is 4.74 Å². The average molecular weight is 395 g/mol. The zero-order valence-electron chi connectivity index (χ0n) is 16.4. The molecule has 0 aliphatic heterocycles. The van der Waals surface area contributed by atoms with Crippen LogP contribution in [0.1, 0.15) is 11.4 Å². The fraction of sp³-hybridized carbons (Fsp3) is 0.273. The monoisotopic (exact) mass is 394 g/mol. The van der Waals surface area contributed by atoms with Gasteiger partial charge in [-0.2, -0.15) is 0 Å². The molecule has 0 radical (unpaired) electrons. The maximum atomic E-state index is 5.73. The van der Waals surface area contributed by atoms with Gasteiger partial charge in [0.15, 0.2) is 5.16 Å². The third-order valence-electron chi connectivity index (χ3n) is 4.19. The maximum absolute atomic E-state index is 5.73. The van der Waals surface area contributed by atoms with Crippen LogP contribution in [-0.2, 0) is 13.6 Å². The standard InChI is InChI=1S/C22H26N4OS/c1-25(15-9-12-19-10-5-3-6-11-19)18-21-23-24-22(26(21)2)28-17-16-27-20-13-7-4-8-14-20/h3-14H,15-18H2,1-2H3/b12-9+. The van der Waals surface area contributed by atoms with Gasteiger partial charge >= 0.3 is 0 Å². The summed E-state index contributed by atoms with van der Waals surface area (Å²) in [6.45, 7) is 2.25. The first-order chi connectivity index (χ1) is 13.7. The van der Waals surface area contributed by atoms with Gasteiger partial charge in [-0.3, -0.25) is 4.90 Å². The van der Waals surface area contributed by atoms with E-state index in [0.717, 1.165) is 35.6 Å². The summed E-state index contributed by atoms with van der Waals surface area (Å²) in [6.07, 6.45) is 4.31.